The van der Waals surface area contributed by atoms with Crippen LogP contribution in [0.25, 0.3) is 0 Å². The lowest BCUT2D eigenvalue weighted by Crippen LogP contribution is -2.37. The SMILES string of the molecule is I.NC(=NC[C@H]1CC[C@@H](CO)O1)NCC1CCCO1. The average Bonchev–Trinajstić information content (AvgIpc) is 3.04. The molecule has 6 nitrogen and oxygen atoms in total. The molecule has 0 aromatic heterocycles. The van der Waals surface area contributed by atoms with Gasteiger partial charge in [0.1, 0.15) is 0 Å². The van der Waals surface area contributed by atoms with Gasteiger partial charge in [-0.05, 0) is 25.7 Å². The molecule has 2 aliphatic heterocycles. The van der Waals surface area contributed by atoms with Crippen LogP contribution in [0.2, 0.25) is 0 Å². The molecule has 0 spiro atoms. The highest BCUT2D eigenvalue weighted by Gasteiger charge is 2.24. The number of rotatable bonds is 5. The van der Waals surface area contributed by atoms with Gasteiger partial charge in [-0.2, -0.15) is 0 Å². The van der Waals surface area contributed by atoms with E-state index in [1.165, 1.54) is 0 Å². The number of hydrogen-bond donors (Lipinski definition) is 3. The molecule has 112 valence electrons. The zero-order valence-corrected chi connectivity index (χ0v) is 13.4. The lowest BCUT2D eigenvalue weighted by Gasteiger charge is -2.12. The minimum Gasteiger partial charge on any atom is -0.394 e. The summed E-state index contributed by atoms with van der Waals surface area (Å²) < 4.78 is 11.1. The molecule has 0 aliphatic carbocycles. The van der Waals surface area contributed by atoms with Crippen molar-refractivity contribution in [2.45, 2.75) is 44.0 Å². The van der Waals surface area contributed by atoms with Gasteiger partial charge in [-0.15, -0.1) is 24.0 Å². The number of nitrogens with two attached hydrogens (primary N) is 1. The standard InChI is InChI=1S/C12H23N3O3.HI/c13-12(14-6-9-2-1-5-17-9)15-7-10-3-4-11(8-16)18-10;/h9-11,16H,1-8H2,(H3,13,14,15);1H/t9?,10-,11+;/m1./s1. The molecule has 4 N–H and O–H groups in total. The molecule has 2 aliphatic rings. The molecule has 2 heterocycles. The Hall–Kier alpha value is -0.120. The summed E-state index contributed by atoms with van der Waals surface area (Å²) in [5.74, 6) is 0.446. The first-order valence-corrected chi connectivity index (χ1v) is 6.69. The smallest absolute Gasteiger partial charge is 0.188 e. The van der Waals surface area contributed by atoms with Crippen LogP contribution in [0.4, 0.5) is 0 Å². The Morgan fingerprint density at radius 2 is 2.05 bits per heavy atom. The summed E-state index contributed by atoms with van der Waals surface area (Å²) in [7, 11) is 0. The van der Waals surface area contributed by atoms with Gasteiger partial charge in [-0.3, -0.25) is 4.99 Å². The fourth-order valence-corrected chi connectivity index (χ4v) is 2.33. The molecule has 2 fully saturated rings. The molecule has 0 aromatic carbocycles. The summed E-state index contributed by atoms with van der Waals surface area (Å²) in [5.41, 5.74) is 5.78. The zero-order chi connectivity index (χ0) is 12.8. The highest BCUT2D eigenvalue weighted by Crippen LogP contribution is 2.19. The molecule has 7 heteroatoms. The number of ether oxygens (including phenoxy) is 2. The summed E-state index contributed by atoms with van der Waals surface area (Å²) in [6, 6.07) is 0. The van der Waals surface area contributed by atoms with Gasteiger partial charge in [0.05, 0.1) is 31.5 Å². The maximum Gasteiger partial charge on any atom is 0.188 e. The van der Waals surface area contributed by atoms with Gasteiger partial charge in [-0.25, -0.2) is 0 Å². The number of nitrogens with zero attached hydrogens (tertiary/aromatic N) is 1. The van der Waals surface area contributed by atoms with Crippen LogP contribution in [-0.2, 0) is 9.47 Å². The summed E-state index contributed by atoms with van der Waals surface area (Å²) in [4.78, 5) is 4.26. The topological polar surface area (TPSA) is 89.1 Å². The van der Waals surface area contributed by atoms with E-state index >= 15 is 0 Å². The van der Waals surface area contributed by atoms with E-state index in [0.29, 0.717) is 12.5 Å². The van der Waals surface area contributed by atoms with E-state index in [1.54, 1.807) is 0 Å². The Kier molecular flexibility index (Phi) is 7.96. The summed E-state index contributed by atoms with van der Waals surface area (Å²) in [6.45, 7) is 2.22. The fourth-order valence-electron chi connectivity index (χ4n) is 2.33. The maximum atomic E-state index is 8.95. The number of hydrogen-bond acceptors (Lipinski definition) is 4. The van der Waals surface area contributed by atoms with Crippen molar-refractivity contribution in [2.24, 2.45) is 10.7 Å². The Labute approximate surface area is 131 Å². The van der Waals surface area contributed by atoms with Crippen LogP contribution in [0.1, 0.15) is 25.7 Å². The van der Waals surface area contributed by atoms with Gasteiger partial charge in [0.2, 0.25) is 0 Å². The second kappa shape index (κ2) is 8.93. The largest absolute Gasteiger partial charge is 0.394 e. The van der Waals surface area contributed by atoms with E-state index in [9.17, 15) is 0 Å². The summed E-state index contributed by atoms with van der Waals surface area (Å²) in [6.07, 6.45) is 4.39. The molecule has 0 aromatic rings. The number of aliphatic hydroxyl groups excluding tert-OH is 1. The third kappa shape index (κ3) is 5.80. The van der Waals surface area contributed by atoms with Crippen LogP contribution in [0, 0.1) is 0 Å². The highest BCUT2D eigenvalue weighted by molar-refractivity contribution is 14.0. The quantitative estimate of drug-likeness (QED) is 0.358. The Bertz CT molecular complexity index is 285. The van der Waals surface area contributed by atoms with Crippen molar-refractivity contribution < 1.29 is 14.6 Å². The van der Waals surface area contributed by atoms with Crippen LogP contribution in [-0.4, -0.2) is 55.7 Å². The van der Waals surface area contributed by atoms with E-state index in [1.807, 2.05) is 0 Å². The monoisotopic (exact) mass is 385 g/mol. The van der Waals surface area contributed by atoms with E-state index in [2.05, 4.69) is 10.3 Å². The van der Waals surface area contributed by atoms with Crippen molar-refractivity contribution in [3.63, 3.8) is 0 Å². The molecule has 0 radical (unpaired) electrons. The minimum atomic E-state index is -0.0220. The molecule has 0 amide bonds. The van der Waals surface area contributed by atoms with Gasteiger partial charge in [-0.1, -0.05) is 0 Å². The second-order valence-electron chi connectivity index (χ2n) is 4.88. The minimum absolute atomic E-state index is 0. The van der Waals surface area contributed by atoms with Crippen molar-refractivity contribution in [1.82, 2.24) is 5.32 Å². The van der Waals surface area contributed by atoms with Gasteiger partial charge >= 0.3 is 0 Å². The highest BCUT2D eigenvalue weighted by atomic mass is 127. The molecule has 2 rings (SSSR count). The van der Waals surface area contributed by atoms with Crippen LogP contribution in [0.3, 0.4) is 0 Å². The third-order valence-electron chi connectivity index (χ3n) is 3.40. The lowest BCUT2D eigenvalue weighted by atomic mass is 10.2. The molecule has 1 unspecified atom stereocenters. The Balaban J connectivity index is 0.00000180. The van der Waals surface area contributed by atoms with Crippen molar-refractivity contribution in [3.8, 4) is 0 Å². The first-order valence-electron chi connectivity index (χ1n) is 6.69. The predicted molar refractivity (Wildman–Crippen MR) is 83.9 cm³/mol. The lowest BCUT2D eigenvalue weighted by molar-refractivity contribution is 0.0160. The molecule has 3 atom stereocenters. The third-order valence-corrected chi connectivity index (χ3v) is 3.40. The molecule has 0 saturated carbocycles. The molecule has 2 saturated heterocycles. The van der Waals surface area contributed by atoms with Crippen molar-refractivity contribution >= 4 is 29.9 Å². The number of aliphatic imine (C=N–C) groups is 1. The maximum absolute atomic E-state index is 8.95. The van der Waals surface area contributed by atoms with Crippen LogP contribution < -0.4 is 11.1 Å². The van der Waals surface area contributed by atoms with Crippen molar-refractivity contribution in [2.75, 3.05) is 26.3 Å². The van der Waals surface area contributed by atoms with Crippen LogP contribution >= 0.6 is 24.0 Å². The van der Waals surface area contributed by atoms with Crippen molar-refractivity contribution in [1.29, 1.82) is 0 Å². The van der Waals surface area contributed by atoms with Crippen LogP contribution in [0.15, 0.2) is 4.99 Å². The Morgan fingerprint density at radius 1 is 1.26 bits per heavy atom. The fraction of sp³-hybridized carbons (Fsp3) is 0.917. The molecule has 0 bridgehead atoms. The van der Waals surface area contributed by atoms with E-state index < -0.39 is 0 Å². The number of guanidine groups is 1. The first-order chi connectivity index (χ1) is 8.78. The Morgan fingerprint density at radius 3 is 2.68 bits per heavy atom. The normalized spacial score (nSPS) is 31.2. The van der Waals surface area contributed by atoms with Crippen molar-refractivity contribution in [3.05, 3.63) is 0 Å². The van der Waals surface area contributed by atoms with Gasteiger partial charge in [0.25, 0.3) is 0 Å². The predicted octanol–water partition coefficient (Wildman–Crippen LogP) is 0.228. The molecular formula is C12H24IN3O3. The molecular weight excluding hydrogens is 361 g/mol. The number of aliphatic hydroxyl groups is 1. The summed E-state index contributed by atoms with van der Waals surface area (Å²) in [5, 5.41) is 12.0. The van der Waals surface area contributed by atoms with E-state index in [4.69, 9.17) is 20.3 Å². The summed E-state index contributed by atoms with van der Waals surface area (Å²) >= 11 is 0. The molecule has 19 heavy (non-hydrogen) atoms. The van der Waals surface area contributed by atoms with Gasteiger partial charge in [0.15, 0.2) is 5.96 Å². The number of nitrogens with one attached hydrogen (secondary N) is 1. The average molecular weight is 385 g/mol. The first kappa shape index (κ1) is 16.9. The zero-order valence-electron chi connectivity index (χ0n) is 11.1. The van der Waals surface area contributed by atoms with Crippen LogP contribution in [0.5, 0.6) is 0 Å². The van der Waals surface area contributed by atoms with E-state index in [0.717, 1.165) is 38.8 Å². The second-order valence-corrected chi connectivity index (χ2v) is 4.88. The van der Waals surface area contributed by atoms with Gasteiger partial charge in [0, 0.05) is 13.2 Å². The number of halogens is 1. The van der Waals surface area contributed by atoms with E-state index in [-0.39, 0.29) is 48.9 Å². The van der Waals surface area contributed by atoms with Gasteiger partial charge < -0.3 is 25.6 Å².